The van der Waals surface area contributed by atoms with E-state index in [1.165, 1.54) is 0 Å². The van der Waals surface area contributed by atoms with Gasteiger partial charge >= 0.3 is 0 Å². The van der Waals surface area contributed by atoms with Gasteiger partial charge in [0.1, 0.15) is 17.7 Å². The summed E-state index contributed by atoms with van der Waals surface area (Å²) >= 11 is 0. The molecule has 3 aliphatic rings. The zero-order valence-corrected chi connectivity index (χ0v) is 23.3. The highest BCUT2D eigenvalue weighted by Crippen LogP contribution is 2.29. The van der Waals surface area contributed by atoms with Gasteiger partial charge in [-0.2, -0.15) is 0 Å². The molecule has 3 fully saturated rings. The number of amides is 3. The summed E-state index contributed by atoms with van der Waals surface area (Å²) in [4.78, 5) is 57.0. The van der Waals surface area contributed by atoms with Crippen LogP contribution in [0, 0.1) is 5.92 Å². The lowest BCUT2D eigenvalue weighted by Gasteiger charge is -2.31. The number of nitrogens with zero attached hydrogens (tertiary/aromatic N) is 2. The fourth-order valence-corrected chi connectivity index (χ4v) is 5.30. The van der Waals surface area contributed by atoms with Crippen LogP contribution in [0.1, 0.15) is 45.6 Å². The van der Waals surface area contributed by atoms with E-state index in [2.05, 4.69) is 10.6 Å². The van der Waals surface area contributed by atoms with Crippen LogP contribution in [-0.4, -0.2) is 103 Å². The Morgan fingerprint density at radius 2 is 1.72 bits per heavy atom. The predicted octanol–water partition coefficient (Wildman–Crippen LogP) is 0.926. The number of benzene rings is 1. The number of hydrogen-bond acceptors (Lipinski definition) is 7. The molecule has 3 aliphatic heterocycles. The summed E-state index contributed by atoms with van der Waals surface area (Å²) in [5.74, 6) is -0.819. The first-order valence-electron chi connectivity index (χ1n) is 14.1. The van der Waals surface area contributed by atoms with Crippen LogP contribution < -0.4 is 10.6 Å². The summed E-state index contributed by atoms with van der Waals surface area (Å²) < 4.78 is 10.7. The molecular weight excluding hydrogens is 500 g/mol. The molecule has 3 saturated heterocycles. The Morgan fingerprint density at radius 3 is 2.36 bits per heavy atom. The molecule has 3 amide bonds. The second-order valence-corrected chi connectivity index (χ2v) is 11.5. The monoisotopic (exact) mass is 542 g/mol. The average molecular weight is 543 g/mol. The van der Waals surface area contributed by atoms with Gasteiger partial charge in [-0.25, -0.2) is 0 Å². The largest absolute Gasteiger partial charge is 0.379 e. The number of hydrogen-bond donors (Lipinski definition) is 2. The number of morpholine rings is 1. The van der Waals surface area contributed by atoms with E-state index in [1.807, 2.05) is 49.1 Å². The molecule has 39 heavy (non-hydrogen) atoms. The third-order valence-electron chi connectivity index (χ3n) is 7.69. The molecule has 0 spiro atoms. The Balaban J connectivity index is 1.45. The van der Waals surface area contributed by atoms with Crippen molar-refractivity contribution in [3.63, 3.8) is 0 Å². The lowest BCUT2D eigenvalue weighted by molar-refractivity contribution is -0.141. The maximum absolute atomic E-state index is 13.6. The molecule has 0 saturated carbocycles. The van der Waals surface area contributed by atoms with Crippen molar-refractivity contribution in [2.75, 3.05) is 46.0 Å². The molecule has 1 aromatic rings. The first-order chi connectivity index (χ1) is 18.7. The Kier molecular flexibility index (Phi) is 9.74. The van der Waals surface area contributed by atoms with Crippen molar-refractivity contribution < 1.29 is 28.7 Å². The smallest absolute Gasteiger partial charge is 0.243 e. The molecule has 2 N–H and O–H groups in total. The van der Waals surface area contributed by atoms with E-state index < -0.39 is 29.6 Å². The van der Waals surface area contributed by atoms with Gasteiger partial charge in [0.2, 0.25) is 17.7 Å². The third-order valence-corrected chi connectivity index (χ3v) is 7.69. The highest BCUT2D eigenvalue weighted by atomic mass is 16.6. The number of rotatable bonds is 12. The minimum Gasteiger partial charge on any atom is -0.379 e. The summed E-state index contributed by atoms with van der Waals surface area (Å²) in [6.07, 6.45) is 2.02. The van der Waals surface area contributed by atoms with Gasteiger partial charge in [-0.15, -0.1) is 0 Å². The van der Waals surface area contributed by atoms with Crippen molar-refractivity contribution in [1.29, 1.82) is 0 Å². The van der Waals surface area contributed by atoms with Crippen LogP contribution in [0.4, 0.5) is 0 Å². The molecule has 0 aromatic heterocycles. The van der Waals surface area contributed by atoms with Gasteiger partial charge in [0.15, 0.2) is 5.78 Å². The van der Waals surface area contributed by atoms with E-state index in [0.717, 1.165) is 12.0 Å². The van der Waals surface area contributed by atoms with E-state index in [0.29, 0.717) is 52.3 Å². The number of nitrogens with one attached hydrogen (secondary N) is 2. The molecule has 3 heterocycles. The van der Waals surface area contributed by atoms with Crippen LogP contribution in [-0.2, 0) is 35.1 Å². The number of ketones is 1. The minimum atomic E-state index is -0.896. The maximum atomic E-state index is 13.6. The van der Waals surface area contributed by atoms with E-state index in [-0.39, 0.29) is 36.5 Å². The van der Waals surface area contributed by atoms with Crippen molar-refractivity contribution in [3.8, 4) is 0 Å². The van der Waals surface area contributed by atoms with Crippen LogP contribution in [0.25, 0.3) is 0 Å². The van der Waals surface area contributed by atoms with Crippen molar-refractivity contribution in [2.45, 2.75) is 70.2 Å². The number of carbonyl (C=O) groups excluding carboxylic acids is 4. The molecule has 214 valence electrons. The van der Waals surface area contributed by atoms with Gasteiger partial charge in [0.05, 0.1) is 32.4 Å². The Labute approximate surface area is 230 Å². The number of Topliss-reactive ketones (excluding diaryl/α,β-unsaturated/α-hetero) is 1. The average Bonchev–Trinajstić information content (AvgIpc) is 3.47. The number of ether oxygens (including phenoxy) is 2. The van der Waals surface area contributed by atoms with Gasteiger partial charge in [0, 0.05) is 26.1 Å². The van der Waals surface area contributed by atoms with Crippen molar-refractivity contribution in [3.05, 3.63) is 35.9 Å². The molecule has 1 aromatic carbocycles. The van der Waals surface area contributed by atoms with Crippen LogP contribution in [0.15, 0.2) is 30.3 Å². The zero-order chi connectivity index (χ0) is 28.0. The summed E-state index contributed by atoms with van der Waals surface area (Å²) in [6.45, 7) is 9.41. The van der Waals surface area contributed by atoms with Crippen LogP contribution in [0.2, 0.25) is 0 Å². The summed E-state index contributed by atoms with van der Waals surface area (Å²) in [7, 11) is 0. The normalized spacial score (nSPS) is 24.7. The van der Waals surface area contributed by atoms with Crippen molar-refractivity contribution >= 4 is 23.5 Å². The molecule has 0 bridgehead atoms. The lowest BCUT2D eigenvalue weighted by atomic mass is 9.93. The zero-order valence-electron chi connectivity index (χ0n) is 23.3. The first-order valence-corrected chi connectivity index (χ1v) is 14.1. The summed E-state index contributed by atoms with van der Waals surface area (Å²) in [5.41, 5.74) is 0.0183. The van der Waals surface area contributed by atoms with E-state index in [9.17, 15) is 19.2 Å². The van der Waals surface area contributed by atoms with Gasteiger partial charge in [-0.1, -0.05) is 44.2 Å². The Bertz CT molecular complexity index is 1020. The summed E-state index contributed by atoms with van der Waals surface area (Å²) in [6, 6.07) is 7.21. The van der Waals surface area contributed by atoms with Crippen molar-refractivity contribution in [1.82, 2.24) is 20.4 Å². The van der Waals surface area contributed by atoms with E-state index >= 15 is 0 Å². The number of epoxide rings is 1. The topological polar surface area (TPSA) is 121 Å². The summed E-state index contributed by atoms with van der Waals surface area (Å²) in [5, 5.41) is 5.84. The molecule has 4 atom stereocenters. The highest BCUT2D eigenvalue weighted by Gasteiger charge is 2.50. The second kappa shape index (κ2) is 13.0. The minimum absolute atomic E-state index is 0.0844. The van der Waals surface area contributed by atoms with E-state index in [4.69, 9.17) is 9.47 Å². The molecule has 0 radical (unpaired) electrons. The second-order valence-electron chi connectivity index (χ2n) is 11.5. The Hall–Kier alpha value is -2.82. The molecule has 10 heteroatoms. The van der Waals surface area contributed by atoms with E-state index in [1.54, 1.807) is 11.8 Å². The fourth-order valence-electron chi connectivity index (χ4n) is 5.30. The van der Waals surface area contributed by atoms with Gasteiger partial charge in [-0.3, -0.25) is 24.1 Å². The van der Waals surface area contributed by atoms with Gasteiger partial charge < -0.3 is 25.0 Å². The molecular formula is C29H42N4O6. The van der Waals surface area contributed by atoms with Gasteiger partial charge in [-0.05, 0) is 37.7 Å². The SMILES string of the molecule is CC(C)CC(NC(=O)[C@H](Cc1ccccc1)NC(=O)[C@@H]1CCCN1C(=O)CN1CCOCC1)C(=O)[C@@]1(C)CO1. The first kappa shape index (κ1) is 29.2. The lowest BCUT2D eigenvalue weighted by Crippen LogP contribution is -2.57. The van der Waals surface area contributed by atoms with Gasteiger partial charge in [0.25, 0.3) is 0 Å². The van der Waals surface area contributed by atoms with Crippen LogP contribution in [0.5, 0.6) is 0 Å². The molecule has 10 nitrogen and oxygen atoms in total. The predicted molar refractivity (Wildman–Crippen MR) is 145 cm³/mol. The molecule has 4 rings (SSSR count). The van der Waals surface area contributed by atoms with Crippen LogP contribution >= 0.6 is 0 Å². The number of carbonyl (C=O) groups is 4. The standard InChI is InChI=1S/C29H42N4O6/c1-20(2)16-22(26(35)29(3)19-39-29)30-27(36)23(17-21-8-5-4-6-9-21)31-28(37)24-10-7-11-33(24)25(34)18-32-12-14-38-15-13-32/h4-6,8-9,20,22-24H,7,10-19H2,1-3H3,(H,30,36)(H,31,37)/t22?,23-,24-,29+/m0/s1. The molecule has 1 unspecified atom stereocenters. The maximum Gasteiger partial charge on any atom is 0.243 e. The highest BCUT2D eigenvalue weighted by molar-refractivity contribution is 5.98. The fraction of sp³-hybridized carbons (Fsp3) is 0.655. The third kappa shape index (κ3) is 7.86. The molecule has 0 aliphatic carbocycles. The van der Waals surface area contributed by atoms with Crippen molar-refractivity contribution in [2.24, 2.45) is 5.92 Å². The van der Waals surface area contributed by atoms with Crippen LogP contribution in [0.3, 0.4) is 0 Å². The number of likely N-dealkylation sites (tertiary alicyclic amines) is 1. The quantitative estimate of drug-likeness (QED) is 0.377. The Morgan fingerprint density at radius 1 is 1.03 bits per heavy atom.